The highest BCUT2D eigenvalue weighted by Gasteiger charge is 2.30. The maximum Gasteiger partial charge on any atom is 0.197 e. The molecular formula is C19H15NOS. The van der Waals surface area contributed by atoms with Crippen molar-refractivity contribution in [2.75, 3.05) is 0 Å². The molecule has 0 radical (unpaired) electrons. The van der Waals surface area contributed by atoms with Crippen molar-refractivity contribution in [3.63, 3.8) is 0 Å². The summed E-state index contributed by atoms with van der Waals surface area (Å²) in [5.41, 5.74) is 4.10. The predicted molar refractivity (Wildman–Crippen MR) is 89.9 cm³/mol. The molecule has 108 valence electrons. The van der Waals surface area contributed by atoms with Gasteiger partial charge in [0.15, 0.2) is 5.78 Å². The van der Waals surface area contributed by atoms with E-state index < -0.39 is 0 Å². The highest BCUT2D eigenvalue weighted by Crippen LogP contribution is 2.43. The number of ketones is 1. The van der Waals surface area contributed by atoms with Crippen LogP contribution in [0.5, 0.6) is 0 Å². The molecule has 1 atom stereocenters. The van der Waals surface area contributed by atoms with Crippen LogP contribution in [0.4, 0.5) is 0 Å². The van der Waals surface area contributed by atoms with E-state index in [-0.39, 0.29) is 11.0 Å². The van der Waals surface area contributed by atoms with Gasteiger partial charge in [0, 0.05) is 11.1 Å². The molecule has 1 aliphatic heterocycles. The molecule has 0 bridgehead atoms. The molecule has 3 heteroatoms. The van der Waals surface area contributed by atoms with Crippen LogP contribution in [-0.4, -0.2) is 10.4 Å². The van der Waals surface area contributed by atoms with Crippen molar-refractivity contribution >= 4 is 17.5 Å². The zero-order valence-corrected chi connectivity index (χ0v) is 13.0. The van der Waals surface area contributed by atoms with Gasteiger partial charge in [-0.05, 0) is 42.3 Å². The normalized spacial score (nSPS) is 16.8. The van der Waals surface area contributed by atoms with E-state index in [0.29, 0.717) is 0 Å². The van der Waals surface area contributed by atoms with Gasteiger partial charge in [-0.1, -0.05) is 36.4 Å². The zero-order valence-electron chi connectivity index (χ0n) is 12.2. The fourth-order valence-electron chi connectivity index (χ4n) is 2.87. The number of thioether (sulfide) groups is 1. The molecule has 0 spiro atoms. The number of Topliss-reactive ketones (excluding diaryl/α,β-unsaturated/α-hetero) is 1. The Morgan fingerprint density at radius 2 is 1.82 bits per heavy atom. The lowest BCUT2D eigenvalue weighted by Crippen LogP contribution is -2.11. The van der Waals surface area contributed by atoms with E-state index in [4.69, 9.17) is 0 Å². The molecule has 2 aromatic carbocycles. The molecule has 0 amide bonds. The minimum atomic E-state index is -0.196. The molecule has 0 unspecified atom stereocenters. The number of aromatic nitrogens is 1. The van der Waals surface area contributed by atoms with Gasteiger partial charge in [0.1, 0.15) is 0 Å². The summed E-state index contributed by atoms with van der Waals surface area (Å²) in [6.45, 7) is 2.08. The highest BCUT2D eigenvalue weighted by molar-refractivity contribution is 8.00. The van der Waals surface area contributed by atoms with Gasteiger partial charge in [-0.3, -0.25) is 4.79 Å². The van der Waals surface area contributed by atoms with E-state index in [2.05, 4.69) is 25.1 Å². The van der Waals surface area contributed by atoms with Crippen molar-refractivity contribution in [2.45, 2.75) is 17.1 Å². The van der Waals surface area contributed by atoms with Crippen LogP contribution in [0.15, 0.2) is 71.8 Å². The van der Waals surface area contributed by atoms with Gasteiger partial charge >= 0.3 is 0 Å². The van der Waals surface area contributed by atoms with Gasteiger partial charge in [-0.15, -0.1) is 11.8 Å². The second-order valence-corrected chi connectivity index (χ2v) is 6.65. The number of hydrogen-bond acceptors (Lipinski definition) is 2. The van der Waals surface area contributed by atoms with Crippen molar-refractivity contribution in [1.29, 1.82) is 0 Å². The predicted octanol–water partition coefficient (Wildman–Crippen LogP) is 4.82. The van der Waals surface area contributed by atoms with Crippen LogP contribution in [0.3, 0.4) is 0 Å². The topological polar surface area (TPSA) is 22.0 Å². The maximum atomic E-state index is 13.0. The fraction of sp³-hybridized carbons (Fsp3) is 0.105. The number of fused-ring (bicyclic) bond motifs is 3. The minimum Gasteiger partial charge on any atom is -0.313 e. The van der Waals surface area contributed by atoms with E-state index >= 15 is 0 Å². The molecule has 0 aliphatic carbocycles. The largest absolute Gasteiger partial charge is 0.313 e. The Morgan fingerprint density at radius 1 is 1.00 bits per heavy atom. The first-order valence-corrected chi connectivity index (χ1v) is 8.16. The van der Waals surface area contributed by atoms with Crippen molar-refractivity contribution < 1.29 is 4.79 Å². The van der Waals surface area contributed by atoms with Crippen LogP contribution < -0.4 is 0 Å². The van der Waals surface area contributed by atoms with E-state index in [9.17, 15) is 4.79 Å². The number of benzene rings is 2. The van der Waals surface area contributed by atoms with Crippen LogP contribution in [-0.2, 0) is 0 Å². The maximum absolute atomic E-state index is 13.0. The Labute approximate surface area is 133 Å². The van der Waals surface area contributed by atoms with Gasteiger partial charge in [0.2, 0.25) is 0 Å². The van der Waals surface area contributed by atoms with Gasteiger partial charge < -0.3 is 4.57 Å². The van der Waals surface area contributed by atoms with Crippen molar-refractivity contribution in [3.05, 3.63) is 83.7 Å². The summed E-state index contributed by atoms with van der Waals surface area (Å²) in [7, 11) is 0. The first kappa shape index (κ1) is 13.4. The van der Waals surface area contributed by atoms with Crippen molar-refractivity contribution in [1.82, 2.24) is 4.57 Å². The molecule has 2 nitrogen and oxygen atoms in total. The van der Waals surface area contributed by atoms with Crippen LogP contribution in [0.1, 0.15) is 26.9 Å². The third kappa shape index (κ3) is 2.09. The van der Waals surface area contributed by atoms with Crippen LogP contribution in [0.2, 0.25) is 0 Å². The Morgan fingerprint density at radius 3 is 2.64 bits per heavy atom. The summed E-state index contributed by atoms with van der Waals surface area (Å²) in [4.78, 5) is 14.2. The Kier molecular flexibility index (Phi) is 3.16. The number of carbonyl (C=O) groups excluding carboxylic acids is 1. The molecule has 4 rings (SSSR count). The molecule has 0 fully saturated rings. The van der Waals surface area contributed by atoms with E-state index in [1.807, 2.05) is 53.2 Å². The van der Waals surface area contributed by atoms with E-state index in [0.717, 1.165) is 21.8 Å². The number of rotatable bonds is 1. The molecule has 0 saturated heterocycles. The zero-order chi connectivity index (χ0) is 15.1. The molecule has 1 aromatic heterocycles. The third-order valence-electron chi connectivity index (χ3n) is 3.96. The lowest BCUT2D eigenvalue weighted by Gasteiger charge is -2.13. The quantitative estimate of drug-likeness (QED) is 0.643. The first-order valence-electron chi connectivity index (χ1n) is 7.28. The molecule has 2 heterocycles. The van der Waals surface area contributed by atoms with Gasteiger partial charge in [-0.25, -0.2) is 0 Å². The SMILES string of the molecule is Cc1ccc2c(c1)-n1cccc1C(=O)[C@H](c1ccccc1)S2. The van der Waals surface area contributed by atoms with Crippen molar-refractivity contribution in [2.24, 2.45) is 0 Å². The molecule has 1 aliphatic rings. The van der Waals surface area contributed by atoms with Crippen LogP contribution in [0.25, 0.3) is 5.69 Å². The number of aryl methyl sites for hydroxylation is 1. The van der Waals surface area contributed by atoms with E-state index in [1.54, 1.807) is 11.8 Å². The molecule has 0 saturated carbocycles. The van der Waals surface area contributed by atoms with Gasteiger partial charge in [-0.2, -0.15) is 0 Å². The summed E-state index contributed by atoms with van der Waals surface area (Å²) in [6, 6.07) is 20.2. The summed E-state index contributed by atoms with van der Waals surface area (Å²) in [6.07, 6.45) is 1.97. The number of carbonyl (C=O) groups is 1. The number of nitrogens with zero attached hydrogens (tertiary/aromatic N) is 1. The Bertz CT molecular complexity index is 851. The smallest absolute Gasteiger partial charge is 0.197 e. The Balaban J connectivity index is 1.93. The van der Waals surface area contributed by atoms with Crippen LogP contribution >= 0.6 is 11.8 Å². The van der Waals surface area contributed by atoms with Gasteiger partial charge in [0.25, 0.3) is 0 Å². The second kappa shape index (κ2) is 5.18. The molecule has 22 heavy (non-hydrogen) atoms. The third-order valence-corrected chi connectivity index (χ3v) is 5.28. The lowest BCUT2D eigenvalue weighted by atomic mass is 10.1. The first-order chi connectivity index (χ1) is 10.7. The monoisotopic (exact) mass is 305 g/mol. The second-order valence-electron chi connectivity index (χ2n) is 5.51. The standard InChI is InChI=1S/C19H15NOS/c1-13-9-10-17-16(12-13)20-11-5-8-15(20)18(21)19(22-17)14-6-3-2-4-7-14/h2-12,19H,1H3/t19-/m0/s1. The molecule has 0 N–H and O–H groups in total. The van der Waals surface area contributed by atoms with Crippen LogP contribution in [0, 0.1) is 6.92 Å². The van der Waals surface area contributed by atoms with Crippen molar-refractivity contribution in [3.8, 4) is 5.69 Å². The average molecular weight is 305 g/mol. The van der Waals surface area contributed by atoms with E-state index in [1.165, 1.54) is 5.56 Å². The van der Waals surface area contributed by atoms with Gasteiger partial charge in [0.05, 0.1) is 16.6 Å². The summed E-state index contributed by atoms with van der Waals surface area (Å²) in [5, 5.41) is -0.196. The number of hydrogen-bond donors (Lipinski definition) is 0. The minimum absolute atomic E-state index is 0.162. The Hall–Kier alpha value is -2.26. The highest BCUT2D eigenvalue weighted by atomic mass is 32.2. The summed E-state index contributed by atoms with van der Waals surface area (Å²) >= 11 is 1.64. The lowest BCUT2D eigenvalue weighted by molar-refractivity contribution is 0.0984. The summed E-state index contributed by atoms with van der Waals surface area (Å²) < 4.78 is 2.01. The molecular weight excluding hydrogens is 290 g/mol. The molecule has 3 aromatic rings. The summed E-state index contributed by atoms with van der Waals surface area (Å²) in [5.74, 6) is 0.162. The average Bonchev–Trinajstić information content (AvgIpc) is 2.99. The fourth-order valence-corrected chi connectivity index (χ4v) is 4.07.